The molecule has 0 saturated carbocycles. The summed E-state index contributed by atoms with van der Waals surface area (Å²) >= 11 is 3.64. The highest BCUT2D eigenvalue weighted by Crippen LogP contribution is 1.39. The van der Waals surface area contributed by atoms with E-state index in [0.29, 0.717) is 0 Å². The van der Waals surface area contributed by atoms with Crippen LogP contribution in [0.25, 0.3) is 0 Å². The van der Waals surface area contributed by atoms with E-state index in [1.807, 2.05) is 0 Å². The molecular weight excluding hydrogens is 107 g/mol. The number of hydrogen-bond donors (Lipinski definition) is 3. The Bertz CT molecular complexity index is 10.8. The molecule has 0 aliphatic rings. The van der Waals surface area contributed by atoms with Crippen LogP contribution in [0.4, 0.5) is 0 Å². The van der Waals surface area contributed by atoms with Gasteiger partial charge in [-0.05, 0) is 0 Å². The van der Waals surface area contributed by atoms with Crippen molar-refractivity contribution in [1.82, 2.24) is 0 Å². The largest absolute Gasteiger partial charge is 0.394 e. The minimum Gasteiger partial charge on any atom is -0.394 e. The summed E-state index contributed by atoms with van der Waals surface area (Å²) in [5.74, 6) is 0. The van der Waals surface area contributed by atoms with E-state index in [1.54, 1.807) is 0 Å². The molecule has 0 radical (unpaired) electrons. The van der Waals surface area contributed by atoms with Gasteiger partial charge in [-0.3, -0.25) is 4.66 Å². The zero-order chi connectivity index (χ0) is 5.41. The van der Waals surface area contributed by atoms with Crippen LogP contribution in [0.5, 0.6) is 0 Å². The molecule has 0 atom stereocenters. The molecule has 0 saturated heterocycles. The first-order chi connectivity index (χ1) is 2.91. The fraction of sp³-hybridized carbons (Fsp3) is 1.00. The van der Waals surface area contributed by atoms with E-state index in [1.165, 1.54) is 0 Å². The van der Waals surface area contributed by atoms with Crippen LogP contribution in [-0.2, 0) is 0 Å². The van der Waals surface area contributed by atoms with Crippen molar-refractivity contribution in [3.05, 3.63) is 0 Å². The standard InChI is InChI=1S/C2H6O2.ClHO/c3-1-2-4;1-2/h3-4H,1-2H2;2H. The molecule has 0 aliphatic heterocycles. The zero-order valence-corrected chi connectivity index (χ0v) is 3.89. The third kappa shape index (κ3) is 30.6. The highest BCUT2D eigenvalue weighted by atomic mass is 35.5. The lowest BCUT2D eigenvalue weighted by Gasteiger charge is -1.70. The number of aliphatic hydroxyl groups is 2. The third-order valence-electron chi connectivity index (χ3n) is 0.1000. The van der Waals surface area contributed by atoms with Crippen LogP contribution in [0, 0.1) is 0 Å². The molecule has 0 heterocycles. The van der Waals surface area contributed by atoms with Crippen molar-refractivity contribution in [1.29, 1.82) is 0 Å². The van der Waals surface area contributed by atoms with Crippen molar-refractivity contribution < 1.29 is 14.9 Å². The van der Waals surface area contributed by atoms with Gasteiger partial charge in [-0.1, -0.05) is 0 Å². The fourth-order valence-electron chi connectivity index (χ4n) is 0. The Morgan fingerprint density at radius 1 is 1.00 bits per heavy atom. The van der Waals surface area contributed by atoms with Crippen LogP contribution in [0.15, 0.2) is 0 Å². The molecule has 0 aromatic heterocycles. The van der Waals surface area contributed by atoms with Gasteiger partial charge in [0.15, 0.2) is 0 Å². The Morgan fingerprint density at radius 3 is 1.17 bits per heavy atom. The van der Waals surface area contributed by atoms with Gasteiger partial charge in [-0.25, -0.2) is 0 Å². The van der Waals surface area contributed by atoms with Crippen molar-refractivity contribution in [2.45, 2.75) is 0 Å². The van der Waals surface area contributed by atoms with Gasteiger partial charge in [0, 0.05) is 0 Å². The summed E-state index contributed by atoms with van der Waals surface area (Å²) in [7, 11) is 0. The van der Waals surface area contributed by atoms with Gasteiger partial charge < -0.3 is 10.2 Å². The van der Waals surface area contributed by atoms with Gasteiger partial charge in [0.2, 0.25) is 0 Å². The van der Waals surface area contributed by atoms with Gasteiger partial charge in [0.1, 0.15) is 0 Å². The molecule has 4 heteroatoms. The van der Waals surface area contributed by atoms with E-state index in [9.17, 15) is 0 Å². The van der Waals surface area contributed by atoms with Crippen molar-refractivity contribution in [2.75, 3.05) is 13.2 Å². The van der Waals surface area contributed by atoms with Crippen LogP contribution >= 0.6 is 11.9 Å². The summed E-state index contributed by atoms with van der Waals surface area (Å²) in [4.78, 5) is 0. The van der Waals surface area contributed by atoms with Gasteiger partial charge in [0.25, 0.3) is 0 Å². The SMILES string of the molecule is OCCO.OCl. The average molecular weight is 115 g/mol. The highest BCUT2D eigenvalue weighted by molar-refractivity contribution is 6.04. The molecule has 3 N–H and O–H groups in total. The normalized spacial score (nSPS) is 6.00. The lowest BCUT2D eigenvalue weighted by atomic mass is 10.8. The van der Waals surface area contributed by atoms with E-state index in [0.717, 1.165) is 0 Å². The minimum atomic E-state index is -0.125. The van der Waals surface area contributed by atoms with Gasteiger partial charge in [-0.2, -0.15) is 0 Å². The molecule has 0 aliphatic carbocycles. The maximum atomic E-state index is 7.62. The first-order valence-electron chi connectivity index (χ1n) is 1.30. The third-order valence-corrected chi connectivity index (χ3v) is 0.1000. The van der Waals surface area contributed by atoms with Crippen LogP contribution in [0.1, 0.15) is 0 Å². The summed E-state index contributed by atoms with van der Waals surface area (Å²) < 4.78 is 6.47. The second kappa shape index (κ2) is 19.1. The number of rotatable bonds is 1. The second-order valence-electron chi connectivity index (χ2n) is 0.447. The van der Waals surface area contributed by atoms with E-state index in [2.05, 4.69) is 11.9 Å². The van der Waals surface area contributed by atoms with Crippen LogP contribution in [0.2, 0.25) is 0 Å². The zero-order valence-electron chi connectivity index (χ0n) is 3.13. The maximum absolute atomic E-state index is 7.62. The summed E-state index contributed by atoms with van der Waals surface area (Å²) in [5.41, 5.74) is 0. The molecule has 0 fully saturated rings. The number of halogens is 1. The fourth-order valence-corrected chi connectivity index (χ4v) is 0. The van der Waals surface area contributed by atoms with E-state index in [4.69, 9.17) is 14.9 Å². The minimum absolute atomic E-state index is 0.125. The van der Waals surface area contributed by atoms with Crippen molar-refractivity contribution in [2.24, 2.45) is 0 Å². The van der Waals surface area contributed by atoms with Gasteiger partial charge in [0.05, 0.1) is 25.1 Å². The molecule has 0 aromatic rings. The number of aliphatic hydroxyl groups excluding tert-OH is 2. The molecule has 3 nitrogen and oxygen atoms in total. The Labute approximate surface area is 41.0 Å². The molecule has 0 unspecified atom stereocenters. The highest BCUT2D eigenvalue weighted by Gasteiger charge is 1.58. The predicted molar refractivity (Wildman–Crippen MR) is 22.2 cm³/mol. The molecule has 0 bridgehead atoms. The molecule has 6 heavy (non-hydrogen) atoms. The maximum Gasteiger partial charge on any atom is 0.0662 e. The summed E-state index contributed by atoms with van der Waals surface area (Å²) in [5, 5.41) is 15.2. The monoisotopic (exact) mass is 114 g/mol. The van der Waals surface area contributed by atoms with Crippen LogP contribution in [-0.4, -0.2) is 28.1 Å². The van der Waals surface area contributed by atoms with Crippen molar-refractivity contribution >= 4 is 11.9 Å². The average Bonchev–Trinajstić information content (AvgIpc) is 1.72. The number of hydrogen-bond acceptors (Lipinski definition) is 3. The van der Waals surface area contributed by atoms with Crippen LogP contribution < -0.4 is 0 Å². The van der Waals surface area contributed by atoms with Gasteiger partial charge >= 0.3 is 0 Å². The first-order valence-corrected chi connectivity index (χ1v) is 1.64. The van der Waals surface area contributed by atoms with E-state index in [-0.39, 0.29) is 13.2 Å². The van der Waals surface area contributed by atoms with Crippen molar-refractivity contribution in [3.63, 3.8) is 0 Å². The van der Waals surface area contributed by atoms with Crippen molar-refractivity contribution in [3.8, 4) is 0 Å². The molecular formula is C2H7ClO3. The summed E-state index contributed by atoms with van der Waals surface area (Å²) in [6, 6.07) is 0. The van der Waals surface area contributed by atoms with Crippen LogP contribution in [0.3, 0.4) is 0 Å². The van der Waals surface area contributed by atoms with Gasteiger partial charge in [-0.15, -0.1) is 0 Å². The summed E-state index contributed by atoms with van der Waals surface area (Å²) in [6.07, 6.45) is 0. The first kappa shape index (κ1) is 9.48. The van der Waals surface area contributed by atoms with E-state index < -0.39 is 0 Å². The molecule has 40 valence electrons. The quantitative estimate of drug-likeness (QED) is 0.414. The smallest absolute Gasteiger partial charge is 0.0662 e. The summed E-state index contributed by atoms with van der Waals surface area (Å²) in [6.45, 7) is -0.250. The Hall–Kier alpha value is 0.170. The Kier molecular flexibility index (Phi) is 30.2. The predicted octanol–water partition coefficient (Wildman–Crippen LogP) is -0.897. The molecule has 0 spiro atoms. The molecule has 0 aromatic carbocycles. The Balaban J connectivity index is 0. The molecule has 0 amide bonds. The Morgan fingerprint density at radius 2 is 1.17 bits per heavy atom. The van der Waals surface area contributed by atoms with E-state index >= 15 is 0 Å². The topological polar surface area (TPSA) is 60.7 Å². The second-order valence-corrected chi connectivity index (χ2v) is 0.447. The molecule has 0 rings (SSSR count). The lowest BCUT2D eigenvalue weighted by Crippen LogP contribution is -1.85. The lowest BCUT2D eigenvalue weighted by molar-refractivity contribution is 0.186.